The van der Waals surface area contributed by atoms with Gasteiger partial charge in [-0.2, -0.15) is 0 Å². The molecule has 0 heterocycles. The van der Waals surface area contributed by atoms with E-state index in [1.165, 1.54) is 0 Å². The Hall–Kier alpha value is -1.26. The van der Waals surface area contributed by atoms with Gasteiger partial charge in [-0.05, 0) is 25.0 Å². The predicted octanol–water partition coefficient (Wildman–Crippen LogP) is 2.30. The van der Waals surface area contributed by atoms with Gasteiger partial charge in [-0.15, -0.1) is 0 Å². The highest BCUT2D eigenvalue weighted by Crippen LogP contribution is 2.27. The second-order valence-electron chi connectivity index (χ2n) is 4.54. The monoisotopic (exact) mass is 251 g/mol. The fourth-order valence-electron chi connectivity index (χ4n) is 2.03. The van der Waals surface area contributed by atoms with Gasteiger partial charge in [0.2, 0.25) is 0 Å². The first kappa shape index (κ1) is 13.2. The average molecular weight is 251 g/mol. The van der Waals surface area contributed by atoms with Crippen LogP contribution in [-0.4, -0.2) is 39.6 Å². The largest absolute Gasteiger partial charge is 0.491 e. The maximum Gasteiger partial charge on any atom is 0.121 e. The summed E-state index contributed by atoms with van der Waals surface area (Å²) in [7, 11) is 3.44. The summed E-state index contributed by atoms with van der Waals surface area (Å²) in [6, 6.07) is 8.56. The normalized spacial score (nSPS) is 22.3. The van der Waals surface area contributed by atoms with Gasteiger partial charge in [0.25, 0.3) is 0 Å². The summed E-state index contributed by atoms with van der Waals surface area (Å²) in [5, 5.41) is 3.48. The van der Waals surface area contributed by atoms with Crippen molar-refractivity contribution in [3.63, 3.8) is 0 Å². The molecule has 0 aromatic heterocycles. The lowest BCUT2D eigenvalue weighted by Gasteiger charge is -2.35. The molecule has 1 fully saturated rings. The molecule has 0 amide bonds. The van der Waals surface area contributed by atoms with Crippen LogP contribution in [0.5, 0.6) is 5.75 Å². The molecule has 1 N–H and O–H groups in total. The molecular formula is C14H21NO3. The third-order valence-electron chi connectivity index (χ3n) is 3.19. The van der Waals surface area contributed by atoms with Crippen molar-refractivity contribution in [1.29, 1.82) is 0 Å². The molecule has 1 aliphatic carbocycles. The van der Waals surface area contributed by atoms with Crippen molar-refractivity contribution in [1.82, 2.24) is 0 Å². The summed E-state index contributed by atoms with van der Waals surface area (Å²) in [6.07, 6.45) is 2.57. The number of methoxy groups -OCH3 is 2. The van der Waals surface area contributed by atoms with Gasteiger partial charge in [-0.3, -0.25) is 0 Å². The van der Waals surface area contributed by atoms with E-state index in [1.54, 1.807) is 14.2 Å². The fraction of sp³-hybridized carbons (Fsp3) is 0.571. The molecular weight excluding hydrogens is 230 g/mol. The van der Waals surface area contributed by atoms with Crippen LogP contribution in [0, 0.1) is 0 Å². The molecule has 4 heteroatoms. The lowest BCUT2D eigenvalue weighted by Crippen LogP contribution is -2.40. The molecule has 0 saturated heterocycles. The van der Waals surface area contributed by atoms with Crippen molar-refractivity contribution in [2.45, 2.75) is 25.0 Å². The molecule has 1 aromatic rings. The summed E-state index contributed by atoms with van der Waals surface area (Å²) in [5.41, 5.74) is 1.10. The van der Waals surface area contributed by atoms with Crippen molar-refractivity contribution in [3.05, 3.63) is 24.3 Å². The SMILES string of the molecule is COCCOc1cccc(NC2CC(OC)C2)c1. The molecule has 2 rings (SSSR count). The van der Waals surface area contributed by atoms with Gasteiger partial charge in [-0.25, -0.2) is 0 Å². The van der Waals surface area contributed by atoms with E-state index in [4.69, 9.17) is 14.2 Å². The van der Waals surface area contributed by atoms with Crippen LogP contribution in [0.2, 0.25) is 0 Å². The molecule has 4 nitrogen and oxygen atoms in total. The van der Waals surface area contributed by atoms with Gasteiger partial charge < -0.3 is 19.5 Å². The molecule has 0 unspecified atom stereocenters. The Morgan fingerprint density at radius 1 is 1.22 bits per heavy atom. The Kier molecular flexibility index (Phi) is 4.84. The van der Waals surface area contributed by atoms with Crippen LogP contribution in [0.1, 0.15) is 12.8 Å². The minimum Gasteiger partial charge on any atom is -0.491 e. The Labute approximate surface area is 108 Å². The minimum absolute atomic E-state index is 0.420. The zero-order valence-corrected chi connectivity index (χ0v) is 11.0. The van der Waals surface area contributed by atoms with Crippen LogP contribution in [0.3, 0.4) is 0 Å². The standard InChI is InChI=1S/C14H21NO3/c1-16-6-7-18-13-5-3-4-11(8-13)15-12-9-14(10-12)17-2/h3-5,8,12,14-15H,6-7,9-10H2,1-2H3. The lowest BCUT2D eigenvalue weighted by molar-refractivity contribution is 0.0328. The molecule has 1 aliphatic rings. The van der Waals surface area contributed by atoms with Gasteiger partial charge in [-0.1, -0.05) is 6.07 Å². The van der Waals surface area contributed by atoms with Gasteiger partial charge in [0.05, 0.1) is 12.7 Å². The van der Waals surface area contributed by atoms with Crippen LogP contribution in [0.4, 0.5) is 5.69 Å². The summed E-state index contributed by atoms with van der Waals surface area (Å²) < 4.78 is 15.8. The smallest absolute Gasteiger partial charge is 0.121 e. The van der Waals surface area contributed by atoms with Gasteiger partial charge in [0.1, 0.15) is 12.4 Å². The van der Waals surface area contributed by atoms with Gasteiger partial charge in [0, 0.05) is 32.0 Å². The molecule has 100 valence electrons. The molecule has 1 saturated carbocycles. The van der Waals surface area contributed by atoms with E-state index in [9.17, 15) is 0 Å². The summed E-state index contributed by atoms with van der Waals surface area (Å²) >= 11 is 0. The first-order valence-electron chi connectivity index (χ1n) is 6.33. The van der Waals surface area contributed by atoms with Crippen molar-refractivity contribution >= 4 is 5.69 Å². The Morgan fingerprint density at radius 3 is 2.78 bits per heavy atom. The van der Waals surface area contributed by atoms with E-state index in [2.05, 4.69) is 11.4 Å². The Bertz CT molecular complexity index is 364. The summed E-state index contributed by atoms with van der Waals surface area (Å²) in [6.45, 7) is 1.19. The van der Waals surface area contributed by atoms with E-state index in [0.29, 0.717) is 25.4 Å². The number of ether oxygens (including phenoxy) is 3. The third-order valence-corrected chi connectivity index (χ3v) is 3.19. The highest BCUT2D eigenvalue weighted by Gasteiger charge is 2.28. The van der Waals surface area contributed by atoms with E-state index in [1.807, 2.05) is 18.2 Å². The number of nitrogens with one attached hydrogen (secondary N) is 1. The number of rotatable bonds is 7. The van der Waals surface area contributed by atoms with Crippen molar-refractivity contribution < 1.29 is 14.2 Å². The topological polar surface area (TPSA) is 39.7 Å². The van der Waals surface area contributed by atoms with Crippen molar-refractivity contribution in [3.8, 4) is 5.75 Å². The summed E-state index contributed by atoms with van der Waals surface area (Å²) in [4.78, 5) is 0. The zero-order valence-electron chi connectivity index (χ0n) is 11.0. The van der Waals surface area contributed by atoms with Crippen molar-refractivity contribution in [2.24, 2.45) is 0 Å². The molecule has 0 bridgehead atoms. The molecule has 0 atom stereocenters. The van der Waals surface area contributed by atoms with Crippen LogP contribution < -0.4 is 10.1 Å². The predicted molar refractivity (Wildman–Crippen MR) is 71.3 cm³/mol. The highest BCUT2D eigenvalue weighted by atomic mass is 16.5. The highest BCUT2D eigenvalue weighted by molar-refractivity contribution is 5.49. The second-order valence-corrected chi connectivity index (χ2v) is 4.54. The Morgan fingerprint density at radius 2 is 2.06 bits per heavy atom. The maximum absolute atomic E-state index is 5.57. The third kappa shape index (κ3) is 3.62. The number of hydrogen-bond acceptors (Lipinski definition) is 4. The van der Waals surface area contributed by atoms with Crippen LogP contribution >= 0.6 is 0 Å². The molecule has 0 aliphatic heterocycles. The van der Waals surface area contributed by atoms with E-state index >= 15 is 0 Å². The minimum atomic E-state index is 0.420. The zero-order chi connectivity index (χ0) is 12.8. The van der Waals surface area contributed by atoms with Gasteiger partial charge in [0.15, 0.2) is 0 Å². The van der Waals surface area contributed by atoms with Crippen molar-refractivity contribution in [2.75, 3.05) is 32.8 Å². The molecule has 1 aromatic carbocycles. The van der Waals surface area contributed by atoms with Gasteiger partial charge >= 0.3 is 0 Å². The molecule has 0 radical (unpaired) electrons. The summed E-state index contributed by atoms with van der Waals surface area (Å²) in [5.74, 6) is 0.875. The Balaban J connectivity index is 1.80. The van der Waals surface area contributed by atoms with E-state index in [-0.39, 0.29) is 0 Å². The van der Waals surface area contributed by atoms with Crippen LogP contribution in [0.25, 0.3) is 0 Å². The second kappa shape index (κ2) is 6.61. The molecule has 0 spiro atoms. The fourth-order valence-corrected chi connectivity index (χ4v) is 2.03. The number of anilines is 1. The van der Waals surface area contributed by atoms with E-state index in [0.717, 1.165) is 24.3 Å². The van der Waals surface area contributed by atoms with E-state index < -0.39 is 0 Å². The first-order chi connectivity index (χ1) is 8.81. The van der Waals surface area contributed by atoms with Crippen LogP contribution in [0.15, 0.2) is 24.3 Å². The maximum atomic E-state index is 5.57. The van der Waals surface area contributed by atoms with Crippen LogP contribution in [-0.2, 0) is 9.47 Å². The number of benzene rings is 1. The molecule has 18 heavy (non-hydrogen) atoms. The average Bonchev–Trinajstić information content (AvgIpc) is 2.34. The number of hydrogen-bond donors (Lipinski definition) is 1. The first-order valence-corrected chi connectivity index (χ1v) is 6.33. The lowest BCUT2D eigenvalue weighted by atomic mass is 9.89. The quantitative estimate of drug-likeness (QED) is 0.755.